The molecule has 0 aliphatic carbocycles. The normalized spacial score (nSPS) is 12.0. The molecule has 1 atom stereocenters. The number of halogens is 3. The molecule has 0 saturated heterocycles. The number of ether oxygens (including phenoxy) is 1. The zero-order valence-corrected chi connectivity index (χ0v) is 12.0. The standard InChI is InChI=1S/C11H9BrCl2O3/c1-2-17-11(16)9(12)10(15)6-3-4-7(13)8(14)5-6/h3-5,9H,2H2,1H3. The number of rotatable bonds is 4. The Morgan fingerprint density at radius 3 is 2.53 bits per heavy atom. The van der Waals surface area contributed by atoms with Crippen molar-refractivity contribution < 1.29 is 14.3 Å². The predicted molar refractivity (Wildman–Crippen MR) is 70.1 cm³/mol. The maximum atomic E-state index is 11.9. The monoisotopic (exact) mass is 338 g/mol. The van der Waals surface area contributed by atoms with Crippen molar-refractivity contribution in [1.29, 1.82) is 0 Å². The third-order valence-electron chi connectivity index (χ3n) is 1.93. The van der Waals surface area contributed by atoms with Crippen molar-refractivity contribution in [2.24, 2.45) is 0 Å². The summed E-state index contributed by atoms with van der Waals surface area (Å²) < 4.78 is 4.73. The van der Waals surface area contributed by atoms with Crippen LogP contribution in [0.5, 0.6) is 0 Å². The second kappa shape index (κ2) is 6.38. The summed E-state index contributed by atoms with van der Waals surface area (Å²) in [6.07, 6.45) is 0. The number of alkyl halides is 1. The molecule has 0 saturated carbocycles. The molecule has 1 unspecified atom stereocenters. The quantitative estimate of drug-likeness (QED) is 0.365. The van der Waals surface area contributed by atoms with Gasteiger partial charge in [-0.25, -0.2) is 0 Å². The van der Waals surface area contributed by atoms with Crippen LogP contribution in [-0.2, 0) is 9.53 Å². The molecular formula is C11H9BrCl2O3. The molecule has 1 rings (SSSR count). The summed E-state index contributed by atoms with van der Waals surface area (Å²) in [5.74, 6) is -1.04. The van der Waals surface area contributed by atoms with Gasteiger partial charge < -0.3 is 4.74 Å². The summed E-state index contributed by atoms with van der Waals surface area (Å²) in [6.45, 7) is 1.89. The van der Waals surface area contributed by atoms with Gasteiger partial charge in [-0.1, -0.05) is 39.1 Å². The largest absolute Gasteiger partial charge is 0.465 e. The fraction of sp³-hybridized carbons (Fsp3) is 0.273. The zero-order valence-electron chi connectivity index (χ0n) is 8.88. The van der Waals surface area contributed by atoms with Crippen LogP contribution in [0.2, 0.25) is 10.0 Å². The van der Waals surface area contributed by atoms with Gasteiger partial charge in [0.2, 0.25) is 0 Å². The minimum atomic E-state index is -1.03. The van der Waals surface area contributed by atoms with E-state index in [2.05, 4.69) is 15.9 Å². The van der Waals surface area contributed by atoms with Gasteiger partial charge in [0, 0.05) is 5.56 Å². The van der Waals surface area contributed by atoms with Crippen molar-refractivity contribution in [3.63, 3.8) is 0 Å². The van der Waals surface area contributed by atoms with Crippen molar-refractivity contribution in [3.8, 4) is 0 Å². The Morgan fingerprint density at radius 2 is 2.00 bits per heavy atom. The van der Waals surface area contributed by atoms with Crippen LogP contribution in [0.15, 0.2) is 18.2 Å². The van der Waals surface area contributed by atoms with Crippen molar-refractivity contribution >= 4 is 50.9 Å². The molecule has 3 nitrogen and oxygen atoms in total. The second-order valence-electron chi connectivity index (χ2n) is 3.11. The van der Waals surface area contributed by atoms with E-state index in [0.29, 0.717) is 10.6 Å². The summed E-state index contributed by atoms with van der Waals surface area (Å²) in [5, 5.41) is 0.617. The molecule has 0 fully saturated rings. The fourth-order valence-corrected chi connectivity index (χ4v) is 1.81. The molecule has 0 aliphatic heterocycles. The topological polar surface area (TPSA) is 43.4 Å². The van der Waals surface area contributed by atoms with Crippen LogP contribution in [-0.4, -0.2) is 23.2 Å². The van der Waals surface area contributed by atoms with Crippen LogP contribution in [0.3, 0.4) is 0 Å². The van der Waals surface area contributed by atoms with Crippen molar-refractivity contribution in [2.75, 3.05) is 6.61 Å². The molecule has 0 heterocycles. The van der Waals surface area contributed by atoms with Crippen LogP contribution in [0, 0.1) is 0 Å². The van der Waals surface area contributed by atoms with Gasteiger partial charge in [-0.15, -0.1) is 0 Å². The highest BCUT2D eigenvalue weighted by Gasteiger charge is 2.26. The maximum absolute atomic E-state index is 11.9. The van der Waals surface area contributed by atoms with Crippen molar-refractivity contribution in [2.45, 2.75) is 11.8 Å². The van der Waals surface area contributed by atoms with Crippen LogP contribution >= 0.6 is 39.1 Å². The van der Waals surface area contributed by atoms with E-state index in [9.17, 15) is 9.59 Å². The van der Waals surface area contributed by atoms with Gasteiger partial charge in [0.05, 0.1) is 16.7 Å². The number of benzene rings is 1. The highest BCUT2D eigenvalue weighted by atomic mass is 79.9. The summed E-state index contributed by atoms with van der Waals surface area (Å²) in [4.78, 5) is 22.2. The van der Waals surface area contributed by atoms with E-state index in [0.717, 1.165) is 0 Å². The molecule has 1 aromatic carbocycles. The van der Waals surface area contributed by atoms with Gasteiger partial charge in [0.15, 0.2) is 10.6 Å². The molecule has 0 bridgehead atoms. The lowest BCUT2D eigenvalue weighted by Crippen LogP contribution is -2.26. The maximum Gasteiger partial charge on any atom is 0.327 e. The molecule has 0 radical (unpaired) electrons. The van der Waals surface area contributed by atoms with Crippen molar-refractivity contribution in [3.05, 3.63) is 33.8 Å². The van der Waals surface area contributed by atoms with E-state index in [1.165, 1.54) is 18.2 Å². The molecule has 17 heavy (non-hydrogen) atoms. The first kappa shape index (κ1) is 14.5. The third kappa shape index (κ3) is 3.69. The summed E-state index contributed by atoms with van der Waals surface area (Å²) >= 11 is 14.5. The second-order valence-corrected chi connectivity index (χ2v) is 4.84. The minimum absolute atomic E-state index is 0.218. The lowest BCUT2D eigenvalue weighted by molar-refractivity contribution is -0.141. The van der Waals surface area contributed by atoms with E-state index in [1.807, 2.05) is 0 Å². The molecule has 92 valence electrons. The highest BCUT2D eigenvalue weighted by Crippen LogP contribution is 2.24. The summed E-state index contributed by atoms with van der Waals surface area (Å²) in [6, 6.07) is 4.42. The number of Topliss-reactive ketones (excluding diaryl/α,β-unsaturated/α-hetero) is 1. The van der Waals surface area contributed by atoms with E-state index >= 15 is 0 Å². The van der Waals surface area contributed by atoms with E-state index in [4.69, 9.17) is 27.9 Å². The van der Waals surface area contributed by atoms with Gasteiger partial charge in [0.1, 0.15) is 0 Å². The van der Waals surface area contributed by atoms with E-state index in [-0.39, 0.29) is 11.6 Å². The number of carbonyl (C=O) groups excluding carboxylic acids is 2. The van der Waals surface area contributed by atoms with Gasteiger partial charge in [-0.3, -0.25) is 9.59 Å². The number of hydrogen-bond donors (Lipinski definition) is 0. The van der Waals surface area contributed by atoms with Gasteiger partial charge in [-0.05, 0) is 25.1 Å². The molecule has 6 heteroatoms. The Morgan fingerprint density at radius 1 is 1.35 bits per heavy atom. The third-order valence-corrected chi connectivity index (χ3v) is 3.46. The molecule has 1 aromatic rings. The number of hydrogen-bond acceptors (Lipinski definition) is 3. The Balaban J connectivity index is 2.89. The number of ketones is 1. The Hall–Kier alpha value is -0.580. The van der Waals surface area contributed by atoms with Gasteiger partial charge in [0.25, 0.3) is 0 Å². The molecular weight excluding hydrogens is 331 g/mol. The van der Waals surface area contributed by atoms with Crippen LogP contribution in [0.4, 0.5) is 0 Å². The lowest BCUT2D eigenvalue weighted by atomic mass is 10.1. The average Bonchev–Trinajstić information content (AvgIpc) is 2.31. The molecule has 0 aliphatic rings. The SMILES string of the molecule is CCOC(=O)C(Br)C(=O)c1ccc(Cl)c(Cl)c1. The zero-order chi connectivity index (χ0) is 13.0. The first-order valence-corrected chi connectivity index (χ1v) is 6.44. The number of carbonyl (C=O) groups is 2. The first-order chi connectivity index (χ1) is 7.97. The first-order valence-electron chi connectivity index (χ1n) is 4.77. The van der Waals surface area contributed by atoms with Gasteiger partial charge in [-0.2, -0.15) is 0 Å². The fourth-order valence-electron chi connectivity index (χ4n) is 1.12. The summed E-state index contributed by atoms with van der Waals surface area (Å²) in [5.41, 5.74) is 0.300. The lowest BCUT2D eigenvalue weighted by Gasteiger charge is -2.08. The molecule has 0 spiro atoms. The number of esters is 1. The van der Waals surface area contributed by atoms with E-state index < -0.39 is 16.6 Å². The smallest absolute Gasteiger partial charge is 0.327 e. The predicted octanol–water partition coefficient (Wildman–Crippen LogP) is 3.50. The Kier molecular flexibility index (Phi) is 5.43. The molecule has 0 amide bonds. The van der Waals surface area contributed by atoms with Crippen LogP contribution in [0.1, 0.15) is 17.3 Å². The van der Waals surface area contributed by atoms with Gasteiger partial charge >= 0.3 is 5.97 Å². The molecule has 0 aromatic heterocycles. The van der Waals surface area contributed by atoms with Crippen LogP contribution in [0.25, 0.3) is 0 Å². The Labute approximate surface area is 117 Å². The van der Waals surface area contributed by atoms with Crippen molar-refractivity contribution in [1.82, 2.24) is 0 Å². The van der Waals surface area contributed by atoms with E-state index in [1.54, 1.807) is 6.92 Å². The highest BCUT2D eigenvalue weighted by molar-refractivity contribution is 9.10. The minimum Gasteiger partial charge on any atom is -0.465 e. The Bertz CT molecular complexity index is 448. The average molecular weight is 340 g/mol. The summed E-state index contributed by atoms with van der Waals surface area (Å²) in [7, 11) is 0. The molecule has 0 N–H and O–H groups in total. The van der Waals surface area contributed by atoms with Crippen LogP contribution < -0.4 is 0 Å².